The number of anilines is 2. The lowest BCUT2D eigenvalue weighted by molar-refractivity contribution is 0.258. The van der Waals surface area contributed by atoms with E-state index in [2.05, 4.69) is 18.5 Å². The molecule has 0 spiro atoms. The van der Waals surface area contributed by atoms with Gasteiger partial charge in [-0.05, 0) is 18.2 Å². The van der Waals surface area contributed by atoms with Gasteiger partial charge in [-0.3, -0.25) is 4.90 Å². The van der Waals surface area contributed by atoms with Crippen LogP contribution in [-0.2, 0) is 0 Å². The highest BCUT2D eigenvalue weighted by Gasteiger charge is 2.21. The van der Waals surface area contributed by atoms with E-state index < -0.39 is 11.8 Å². The number of nitrogens with zero attached hydrogens (tertiary/aromatic N) is 1. The average Bonchev–Trinajstić information content (AvgIpc) is 2.97. The summed E-state index contributed by atoms with van der Waals surface area (Å²) in [5.41, 5.74) is 0.934. The molecule has 0 saturated heterocycles. The number of halogens is 1. The number of hydrogen-bond acceptors (Lipinski definition) is 3. The molecule has 0 radical (unpaired) electrons. The highest BCUT2D eigenvalue weighted by Crippen LogP contribution is 2.41. The van der Waals surface area contributed by atoms with Crippen LogP contribution >= 0.6 is 11.3 Å². The standard InChI is InChI=1S/C18H15FN2O2S/c1-4-12-9-16-15(23-11(12)2)10-17(24-16)21(3)18(22)20-14-8-6-5-7-13(14)19/h4-10H,1-2H2,3H3,(H,20,22). The number of amides is 2. The monoisotopic (exact) mass is 342 g/mol. The molecule has 1 N–H and O–H groups in total. The van der Waals surface area contributed by atoms with Crippen LogP contribution in [0.15, 0.2) is 60.9 Å². The van der Waals surface area contributed by atoms with Gasteiger partial charge in [-0.2, -0.15) is 0 Å². The number of thiophene rings is 1. The zero-order chi connectivity index (χ0) is 17.3. The molecule has 6 heteroatoms. The third-order valence-electron chi connectivity index (χ3n) is 3.52. The number of fused-ring (bicyclic) bond motifs is 1. The first-order chi connectivity index (χ1) is 11.5. The van der Waals surface area contributed by atoms with Crippen molar-refractivity contribution in [2.45, 2.75) is 0 Å². The minimum atomic E-state index is -0.483. The largest absolute Gasteiger partial charge is 0.456 e. The van der Waals surface area contributed by atoms with Gasteiger partial charge in [0.2, 0.25) is 0 Å². The van der Waals surface area contributed by atoms with E-state index in [0.29, 0.717) is 16.5 Å². The van der Waals surface area contributed by atoms with Crippen LogP contribution in [0, 0.1) is 5.82 Å². The van der Waals surface area contributed by atoms with E-state index in [1.807, 2.05) is 6.08 Å². The molecule has 1 aromatic heterocycles. The number of carbonyl (C=O) groups excluding carboxylic acids is 1. The first-order valence-electron chi connectivity index (χ1n) is 7.14. The minimum absolute atomic E-state index is 0.133. The fourth-order valence-electron chi connectivity index (χ4n) is 2.17. The van der Waals surface area contributed by atoms with Crippen LogP contribution in [-0.4, -0.2) is 13.1 Å². The molecule has 0 fully saturated rings. The van der Waals surface area contributed by atoms with E-state index in [1.54, 1.807) is 31.3 Å². The van der Waals surface area contributed by atoms with Crippen LogP contribution in [0.5, 0.6) is 5.75 Å². The van der Waals surface area contributed by atoms with Gasteiger partial charge in [0.05, 0.1) is 10.6 Å². The lowest BCUT2D eigenvalue weighted by Gasteiger charge is -2.16. The summed E-state index contributed by atoms with van der Waals surface area (Å²) in [6, 6.07) is 7.33. The van der Waals surface area contributed by atoms with Crippen molar-refractivity contribution in [3.8, 4) is 5.75 Å². The third-order valence-corrected chi connectivity index (χ3v) is 4.66. The number of ether oxygens (including phenoxy) is 1. The summed E-state index contributed by atoms with van der Waals surface area (Å²) >= 11 is 1.39. The Kier molecular flexibility index (Phi) is 4.22. The van der Waals surface area contributed by atoms with E-state index in [-0.39, 0.29) is 5.69 Å². The molecule has 1 aliphatic heterocycles. The van der Waals surface area contributed by atoms with E-state index >= 15 is 0 Å². The Bertz CT molecular complexity index is 870. The predicted octanol–water partition coefficient (Wildman–Crippen LogP) is 5.03. The van der Waals surface area contributed by atoms with Crippen molar-refractivity contribution in [3.63, 3.8) is 0 Å². The molecule has 0 atom stereocenters. The second-order valence-corrected chi connectivity index (χ2v) is 6.17. The minimum Gasteiger partial charge on any atom is -0.456 e. The number of carbonyl (C=O) groups is 1. The van der Waals surface area contributed by atoms with Gasteiger partial charge in [-0.15, -0.1) is 11.3 Å². The number of para-hydroxylation sites is 1. The molecule has 0 bridgehead atoms. The Morgan fingerprint density at radius 2 is 2.17 bits per heavy atom. The number of nitrogens with one attached hydrogen (secondary N) is 1. The van der Waals surface area contributed by atoms with Crippen molar-refractivity contribution in [1.82, 2.24) is 0 Å². The fraction of sp³-hybridized carbons (Fsp3) is 0.0556. The molecule has 122 valence electrons. The van der Waals surface area contributed by atoms with Crippen LogP contribution in [0.3, 0.4) is 0 Å². The first-order valence-corrected chi connectivity index (χ1v) is 7.95. The van der Waals surface area contributed by atoms with Crippen molar-refractivity contribution in [2.24, 2.45) is 0 Å². The summed E-state index contributed by atoms with van der Waals surface area (Å²) in [6.07, 6.45) is 3.57. The van der Waals surface area contributed by atoms with Crippen molar-refractivity contribution < 1.29 is 13.9 Å². The zero-order valence-corrected chi connectivity index (χ0v) is 13.8. The second-order valence-electron chi connectivity index (χ2n) is 5.11. The molecular formula is C18H15FN2O2S. The number of allylic oxidation sites excluding steroid dienone is 1. The van der Waals surface area contributed by atoms with E-state index in [4.69, 9.17) is 4.74 Å². The van der Waals surface area contributed by atoms with Crippen LogP contribution < -0.4 is 15.0 Å². The summed E-state index contributed by atoms with van der Waals surface area (Å²) in [5, 5.41) is 3.22. The molecule has 1 aromatic carbocycles. The predicted molar refractivity (Wildman–Crippen MR) is 96.1 cm³/mol. The first kappa shape index (κ1) is 16.0. The SMILES string of the molecule is C=CC1=Cc2sc(N(C)C(=O)Nc3ccccc3F)cc2OC1=C. The molecule has 4 nitrogen and oxygen atoms in total. The summed E-state index contributed by atoms with van der Waals surface area (Å²) in [7, 11) is 1.61. The summed E-state index contributed by atoms with van der Waals surface area (Å²) in [6.45, 7) is 7.55. The van der Waals surface area contributed by atoms with Crippen molar-refractivity contribution in [3.05, 3.63) is 71.6 Å². The number of benzene rings is 1. The van der Waals surface area contributed by atoms with Gasteiger partial charge in [-0.1, -0.05) is 31.4 Å². The Labute approximate surface area is 143 Å². The normalized spacial score (nSPS) is 12.8. The van der Waals surface area contributed by atoms with Crippen molar-refractivity contribution in [2.75, 3.05) is 17.3 Å². The molecule has 0 unspecified atom stereocenters. The number of hydrogen-bond donors (Lipinski definition) is 1. The summed E-state index contributed by atoms with van der Waals surface area (Å²) < 4.78 is 19.3. The fourth-order valence-corrected chi connectivity index (χ4v) is 3.17. The quantitative estimate of drug-likeness (QED) is 0.850. The molecule has 3 rings (SSSR count). The molecular weight excluding hydrogens is 327 g/mol. The van der Waals surface area contributed by atoms with Gasteiger partial charge < -0.3 is 10.1 Å². The molecule has 24 heavy (non-hydrogen) atoms. The number of rotatable bonds is 3. The van der Waals surface area contributed by atoms with Crippen molar-refractivity contribution in [1.29, 1.82) is 0 Å². The van der Waals surface area contributed by atoms with E-state index in [1.165, 1.54) is 28.4 Å². The maximum atomic E-state index is 13.6. The lowest BCUT2D eigenvalue weighted by atomic mass is 10.1. The molecule has 0 saturated carbocycles. The molecule has 1 aliphatic rings. The van der Waals surface area contributed by atoms with Crippen molar-refractivity contribution >= 4 is 34.1 Å². The Hall–Kier alpha value is -2.86. The van der Waals surface area contributed by atoms with Gasteiger partial charge >= 0.3 is 6.03 Å². The summed E-state index contributed by atoms with van der Waals surface area (Å²) in [5.74, 6) is 0.666. The highest BCUT2D eigenvalue weighted by atomic mass is 32.1. The second kappa shape index (κ2) is 6.33. The zero-order valence-electron chi connectivity index (χ0n) is 13.0. The number of urea groups is 1. The van der Waals surface area contributed by atoms with Crippen LogP contribution in [0.4, 0.5) is 19.9 Å². The smallest absolute Gasteiger partial charge is 0.326 e. The molecule has 2 heterocycles. The maximum absolute atomic E-state index is 13.6. The van der Waals surface area contributed by atoms with Crippen LogP contribution in [0.25, 0.3) is 6.08 Å². The topological polar surface area (TPSA) is 41.6 Å². The summed E-state index contributed by atoms with van der Waals surface area (Å²) in [4.78, 5) is 14.6. The Balaban J connectivity index is 1.82. The molecule has 2 amide bonds. The lowest BCUT2D eigenvalue weighted by Crippen LogP contribution is -2.30. The third kappa shape index (κ3) is 2.96. The van der Waals surface area contributed by atoms with Crippen LogP contribution in [0.2, 0.25) is 0 Å². The van der Waals surface area contributed by atoms with Gasteiger partial charge in [0.1, 0.15) is 22.3 Å². The highest BCUT2D eigenvalue weighted by molar-refractivity contribution is 7.17. The molecule has 0 aliphatic carbocycles. The van der Waals surface area contributed by atoms with E-state index in [0.717, 1.165) is 10.5 Å². The Morgan fingerprint density at radius 3 is 2.88 bits per heavy atom. The Morgan fingerprint density at radius 1 is 1.42 bits per heavy atom. The van der Waals surface area contributed by atoms with Gasteiger partial charge in [0, 0.05) is 18.7 Å². The maximum Gasteiger partial charge on any atom is 0.326 e. The molecule has 2 aromatic rings. The van der Waals surface area contributed by atoms with Gasteiger partial charge in [0.25, 0.3) is 0 Å². The average molecular weight is 342 g/mol. The van der Waals surface area contributed by atoms with E-state index in [9.17, 15) is 9.18 Å². The van der Waals surface area contributed by atoms with Crippen LogP contribution in [0.1, 0.15) is 4.88 Å². The van der Waals surface area contributed by atoms with Gasteiger partial charge in [0.15, 0.2) is 0 Å². The van der Waals surface area contributed by atoms with Gasteiger partial charge in [-0.25, -0.2) is 9.18 Å².